The van der Waals surface area contributed by atoms with Gasteiger partial charge in [-0.3, -0.25) is 13.9 Å². The molecule has 0 aliphatic carbocycles. The second kappa shape index (κ2) is 4.42. The highest BCUT2D eigenvalue weighted by Crippen LogP contribution is 2.12. The number of aromatic nitrogens is 2. The van der Waals surface area contributed by atoms with E-state index in [-0.39, 0.29) is 12.1 Å². The van der Waals surface area contributed by atoms with Crippen LogP contribution in [0.15, 0.2) is 27.8 Å². The number of para-hydroxylation sites is 1. The standard InChI is InChI=1S/C13H16N2O3/c1-8-5-4-6-10-11(8)14(3)13(18)15(12(10)17)7-9(2)16/h4-6,9,16H,7H2,1-3H3. The van der Waals surface area contributed by atoms with Crippen molar-refractivity contribution in [1.29, 1.82) is 0 Å². The quantitative estimate of drug-likeness (QED) is 0.836. The van der Waals surface area contributed by atoms with Crippen LogP contribution < -0.4 is 11.2 Å². The fourth-order valence-corrected chi connectivity index (χ4v) is 2.21. The lowest BCUT2D eigenvalue weighted by molar-refractivity contribution is 0.170. The molecule has 5 nitrogen and oxygen atoms in total. The van der Waals surface area contributed by atoms with Crippen LogP contribution in [0.25, 0.3) is 10.9 Å². The molecule has 0 bridgehead atoms. The van der Waals surface area contributed by atoms with Crippen LogP contribution in [0.4, 0.5) is 0 Å². The van der Waals surface area contributed by atoms with Crippen molar-refractivity contribution in [3.05, 3.63) is 44.6 Å². The fourth-order valence-electron chi connectivity index (χ4n) is 2.21. The average molecular weight is 248 g/mol. The molecular formula is C13H16N2O3. The van der Waals surface area contributed by atoms with Gasteiger partial charge in [0.2, 0.25) is 0 Å². The Bertz CT molecular complexity index is 710. The van der Waals surface area contributed by atoms with Crippen molar-refractivity contribution < 1.29 is 5.11 Å². The molecular weight excluding hydrogens is 232 g/mol. The van der Waals surface area contributed by atoms with Crippen LogP contribution in [-0.2, 0) is 13.6 Å². The summed E-state index contributed by atoms with van der Waals surface area (Å²) >= 11 is 0. The molecule has 1 heterocycles. The smallest absolute Gasteiger partial charge is 0.331 e. The van der Waals surface area contributed by atoms with E-state index in [1.165, 1.54) is 4.57 Å². The molecule has 0 saturated carbocycles. The summed E-state index contributed by atoms with van der Waals surface area (Å²) in [5.41, 5.74) is 0.781. The van der Waals surface area contributed by atoms with Gasteiger partial charge in [0, 0.05) is 7.05 Å². The molecule has 2 aromatic rings. The molecule has 0 amide bonds. The number of nitrogens with zero attached hydrogens (tertiary/aromatic N) is 2. The van der Waals surface area contributed by atoms with Crippen molar-refractivity contribution in [2.45, 2.75) is 26.5 Å². The number of fused-ring (bicyclic) bond motifs is 1. The number of hydrogen-bond donors (Lipinski definition) is 1. The number of hydrogen-bond acceptors (Lipinski definition) is 3. The monoisotopic (exact) mass is 248 g/mol. The zero-order valence-corrected chi connectivity index (χ0v) is 10.7. The summed E-state index contributed by atoms with van der Waals surface area (Å²) < 4.78 is 2.53. The van der Waals surface area contributed by atoms with Gasteiger partial charge in [0.15, 0.2) is 0 Å². The number of aliphatic hydroxyl groups excluding tert-OH is 1. The third kappa shape index (κ3) is 1.86. The highest BCUT2D eigenvalue weighted by Gasteiger charge is 2.13. The van der Waals surface area contributed by atoms with Gasteiger partial charge in [-0.25, -0.2) is 4.79 Å². The van der Waals surface area contributed by atoms with E-state index >= 15 is 0 Å². The van der Waals surface area contributed by atoms with Crippen molar-refractivity contribution in [1.82, 2.24) is 9.13 Å². The SMILES string of the molecule is Cc1cccc2c(=O)n(CC(C)O)c(=O)n(C)c12. The van der Waals surface area contributed by atoms with E-state index in [9.17, 15) is 14.7 Å². The molecule has 0 fully saturated rings. The van der Waals surface area contributed by atoms with Crippen molar-refractivity contribution in [3.63, 3.8) is 0 Å². The summed E-state index contributed by atoms with van der Waals surface area (Å²) in [5, 5.41) is 9.86. The Morgan fingerprint density at radius 1 is 1.33 bits per heavy atom. The lowest BCUT2D eigenvalue weighted by Gasteiger charge is -2.13. The molecule has 1 aromatic heterocycles. The molecule has 0 spiro atoms. The van der Waals surface area contributed by atoms with E-state index < -0.39 is 11.8 Å². The lowest BCUT2D eigenvalue weighted by Crippen LogP contribution is -2.41. The molecule has 0 saturated heterocycles. The van der Waals surface area contributed by atoms with Crippen LogP contribution in [0.2, 0.25) is 0 Å². The Balaban J connectivity index is 2.93. The van der Waals surface area contributed by atoms with Gasteiger partial charge in [0.1, 0.15) is 0 Å². The van der Waals surface area contributed by atoms with Gasteiger partial charge in [0.05, 0.1) is 23.6 Å². The van der Waals surface area contributed by atoms with Gasteiger partial charge < -0.3 is 5.11 Å². The largest absolute Gasteiger partial charge is 0.392 e. The molecule has 96 valence electrons. The molecule has 0 aliphatic heterocycles. The maximum Gasteiger partial charge on any atom is 0.331 e. The van der Waals surface area contributed by atoms with Crippen LogP contribution in [0, 0.1) is 6.92 Å². The number of benzene rings is 1. The lowest BCUT2D eigenvalue weighted by atomic mass is 10.1. The van der Waals surface area contributed by atoms with Crippen molar-refractivity contribution in [2.75, 3.05) is 0 Å². The van der Waals surface area contributed by atoms with E-state index in [2.05, 4.69) is 0 Å². The summed E-state index contributed by atoms with van der Waals surface area (Å²) in [7, 11) is 1.63. The molecule has 1 atom stereocenters. The highest BCUT2D eigenvalue weighted by atomic mass is 16.3. The van der Waals surface area contributed by atoms with E-state index in [4.69, 9.17) is 0 Å². The van der Waals surface area contributed by atoms with Crippen LogP contribution >= 0.6 is 0 Å². The minimum Gasteiger partial charge on any atom is -0.392 e. The normalized spacial score (nSPS) is 12.9. The Labute approximate surface area is 104 Å². The summed E-state index contributed by atoms with van der Waals surface area (Å²) in [4.78, 5) is 24.3. The van der Waals surface area contributed by atoms with Gasteiger partial charge in [0.25, 0.3) is 5.56 Å². The van der Waals surface area contributed by atoms with Crippen molar-refractivity contribution in [3.8, 4) is 0 Å². The third-order valence-corrected chi connectivity index (χ3v) is 3.01. The number of aliphatic hydroxyl groups is 1. The molecule has 1 N–H and O–H groups in total. The topological polar surface area (TPSA) is 64.2 Å². The first-order chi connectivity index (χ1) is 8.43. The first-order valence-corrected chi connectivity index (χ1v) is 5.80. The van der Waals surface area contributed by atoms with E-state index in [0.29, 0.717) is 10.9 Å². The first kappa shape index (κ1) is 12.6. The van der Waals surface area contributed by atoms with E-state index in [1.807, 2.05) is 13.0 Å². The van der Waals surface area contributed by atoms with Gasteiger partial charge >= 0.3 is 5.69 Å². The average Bonchev–Trinajstić information content (AvgIpc) is 2.31. The van der Waals surface area contributed by atoms with Gasteiger partial charge in [-0.1, -0.05) is 12.1 Å². The highest BCUT2D eigenvalue weighted by molar-refractivity contribution is 5.81. The fraction of sp³-hybridized carbons (Fsp3) is 0.385. The van der Waals surface area contributed by atoms with Crippen molar-refractivity contribution in [2.24, 2.45) is 7.05 Å². The molecule has 1 aromatic carbocycles. The second-order valence-electron chi connectivity index (χ2n) is 4.58. The predicted molar refractivity (Wildman–Crippen MR) is 69.9 cm³/mol. The molecule has 0 aliphatic rings. The first-order valence-electron chi connectivity index (χ1n) is 5.80. The zero-order chi connectivity index (χ0) is 13.4. The Kier molecular flexibility index (Phi) is 3.09. The Morgan fingerprint density at radius 2 is 2.00 bits per heavy atom. The molecule has 0 radical (unpaired) electrons. The van der Waals surface area contributed by atoms with E-state index in [1.54, 1.807) is 26.1 Å². The minimum atomic E-state index is -0.738. The predicted octanol–water partition coefficient (Wildman–Crippen LogP) is 0.389. The van der Waals surface area contributed by atoms with E-state index in [0.717, 1.165) is 10.1 Å². The summed E-state index contributed by atoms with van der Waals surface area (Å²) in [5.74, 6) is 0. The molecule has 1 unspecified atom stereocenters. The number of aryl methyl sites for hydroxylation is 2. The Morgan fingerprint density at radius 3 is 2.61 bits per heavy atom. The second-order valence-corrected chi connectivity index (χ2v) is 4.58. The minimum absolute atomic E-state index is 0.00931. The maximum absolute atomic E-state index is 12.2. The summed E-state index contributed by atoms with van der Waals surface area (Å²) in [6.07, 6.45) is -0.738. The van der Waals surface area contributed by atoms with Gasteiger partial charge in [-0.05, 0) is 25.5 Å². The van der Waals surface area contributed by atoms with Crippen LogP contribution in [-0.4, -0.2) is 20.3 Å². The van der Waals surface area contributed by atoms with Crippen molar-refractivity contribution >= 4 is 10.9 Å². The van der Waals surface area contributed by atoms with Crippen LogP contribution in [0.3, 0.4) is 0 Å². The van der Waals surface area contributed by atoms with Crippen LogP contribution in [0.5, 0.6) is 0 Å². The zero-order valence-electron chi connectivity index (χ0n) is 10.7. The number of rotatable bonds is 2. The van der Waals surface area contributed by atoms with Crippen LogP contribution in [0.1, 0.15) is 12.5 Å². The molecule has 2 rings (SSSR count). The summed E-state index contributed by atoms with van der Waals surface area (Å²) in [6, 6.07) is 5.35. The van der Waals surface area contributed by atoms with Gasteiger partial charge in [-0.2, -0.15) is 0 Å². The summed E-state index contributed by atoms with van der Waals surface area (Å²) in [6.45, 7) is 3.42. The molecule has 5 heteroatoms. The molecule has 18 heavy (non-hydrogen) atoms. The van der Waals surface area contributed by atoms with Gasteiger partial charge in [-0.15, -0.1) is 0 Å². The third-order valence-electron chi connectivity index (χ3n) is 3.01. The Hall–Kier alpha value is -1.88. The maximum atomic E-state index is 12.2.